The smallest absolute Gasteiger partial charge is 0.228 e. The summed E-state index contributed by atoms with van der Waals surface area (Å²) in [6.45, 7) is 5.49. The number of carbonyl (C=O) groups is 1. The minimum atomic E-state index is -0.493. The Kier molecular flexibility index (Phi) is 4.23. The van der Waals surface area contributed by atoms with Crippen molar-refractivity contribution in [2.24, 2.45) is 11.1 Å². The molecule has 19 heavy (non-hydrogen) atoms. The van der Waals surface area contributed by atoms with Crippen molar-refractivity contribution in [2.45, 2.75) is 32.2 Å². The van der Waals surface area contributed by atoms with Crippen LogP contribution in [0.25, 0.3) is 0 Å². The molecule has 3 N–H and O–H groups in total. The number of hydrogen-bond donors (Lipinski definition) is 2. The number of carbonyl (C=O) groups excluding carboxylic acids is 1. The first kappa shape index (κ1) is 14.4. The third kappa shape index (κ3) is 2.96. The van der Waals surface area contributed by atoms with Crippen LogP contribution in [0.2, 0.25) is 0 Å². The van der Waals surface area contributed by atoms with Crippen molar-refractivity contribution >= 4 is 17.2 Å². The monoisotopic (exact) mass is 283 g/mol. The standard InChI is InChI=1S/C13H21N3O2S/c1-12(2,11-15-5-8-19-11)16-10(17)13(9-14)3-6-18-7-4-13/h5,8H,3-4,6-7,9,14H2,1-2H3,(H,16,17). The molecule has 0 aromatic carbocycles. The summed E-state index contributed by atoms with van der Waals surface area (Å²) < 4.78 is 5.33. The predicted molar refractivity (Wildman–Crippen MR) is 74.8 cm³/mol. The number of aromatic nitrogens is 1. The molecule has 0 aliphatic carbocycles. The molecule has 1 aliphatic heterocycles. The van der Waals surface area contributed by atoms with Crippen molar-refractivity contribution < 1.29 is 9.53 Å². The molecular weight excluding hydrogens is 262 g/mol. The number of nitrogens with one attached hydrogen (secondary N) is 1. The Labute approximate surface area is 117 Å². The minimum absolute atomic E-state index is 0.0125. The number of nitrogens with two attached hydrogens (primary N) is 1. The lowest BCUT2D eigenvalue weighted by Gasteiger charge is -2.37. The quantitative estimate of drug-likeness (QED) is 0.872. The first-order valence-electron chi connectivity index (χ1n) is 6.51. The second-order valence-electron chi connectivity index (χ2n) is 5.51. The lowest BCUT2D eigenvalue weighted by molar-refractivity contribution is -0.137. The highest BCUT2D eigenvalue weighted by Crippen LogP contribution is 2.32. The zero-order valence-electron chi connectivity index (χ0n) is 11.4. The van der Waals surface area contributed by atoms with Gasteiger partial charge in [-0.1, -0.05) is 0 Å². The molecule has 0 radical (unpaired) electrons. The summed E-state index contributed by atoms with van der Waals surface area (Å²) in [7, 11) is 0. The molecule has 1 saturated heterocycles. The Morgan fingerprint density at radius 1 is 1.58 bits per heavy atom. The Balaban J connectivity index is 2.11. The number of rotatable bonds is 4. The summed E-state index contributed by atoms with van der Waals surface area (Å²) in [6.07, 6.45) is 3.12. The Morgan fingerprint density at radius 2 is 2.26 bits per heavy atom. The lowest BCUT2D eigenvalue weighted by Crippen LogP contribution is -2.53. The normalized spacial score (nSPS) is 19.1. The third-order valence-electron chi connectivity index (χ3n) is 3.72. The SMILES string of the molecule is CC(C)(NC(=O)C1(CN)CCOCC1)c1nccs1. The topological polar surface area (TPSA) is 77.2 Å². The van der Waals surface area contributed by atoms with Gasteiger partial charge in [-0.15, -0.1) is 11.3 Å². The van der Waals surface area contributed by atoms with Gasteiger partial charge in [-0.3, -0.25) is 4.79 Å². The maximum Gasteiger partial charge on any atom is 0.228 e. The van der Waals surface area contributed by atoms with Gasteiger partial charge in [0.2, 0.25) is 5.91 Å². The molecule has 2 heterocycles. The Hall–Kier alpha value is -0.980. The molecule has 0 unspecified atom stereocenters. The number of amides is 1. The van der Waals surface area contributed by atoms with Crippen molar-refractivity contribution in [2.75, 3.05) is 19.8 Å². The van der Waals surface area contributed by atoms with Gasteiger partial charge in [0.15, 0.2) is 0 Å². The van der Waals surface area contributed by atoms with Gasteiger partial charge in [-0.05, 0) is 26.7 Å². The van der Waals surface area contributed by atoms with Crippen LogP contribution in [0.15, 0.2) is 11.6 Å². The number of ether oxygens (including phenoxy) is 1. The lowest BCUT2D eigenvalue weighted by atomic mass is 9.78. The summed E-state index contributed by atoms with van der Waals surface area (Å²) in [4.78, 5) is 16.9. The second-order valence-corrected chi connectivity index (χ2v) is 6.41. The van der Waals surface area contributed by atoms with Crippen molar-refractivity contribution in [1.82, 2.24) is 10.3 Å². The summed E-state index contributed by atoms with van der Waals surface area (Å²) in [6, 6.07) is 0. The Morgan fingerprint density at radius 3 is 2.79 bits per heavy atom. The zero-order valence-corrected chi connectivity index (χ0v) is 12.3. The van der Waals surface area contributed by atoms with Crippen molar-refractivity contribution in [1.29, 1.82) is 0 Å². The maximum atomic E-state index is 12.6. The van der Waals surface area contributed by atoms with Crippen LogP contribution >= 0.6 is 11.3 Å². The molecule has 0 saturated carbocycles. The van der Waals surface area contributed by atoms with Crippen LogP contribution in [-0.4, -0.2) is 30.6 Å². The molecule has 106 valence electrons. The molecule has 1 aromatic heterocycles. The van der Waals surface area contributed by atoms with Gasteiger partial charge in [0, 0.05) is 31.3 Å². The molecule has 0 spiro atoms. The van der Waals surface area contributed by atoms with Crippen LogP contribution < -0.4 is 11.1 Å². The number of hydrogen-bond acceptors (Lipinski definition) is 5. The van der Waals surface area contributed by atoms with E-state index in [0.717, 1.165) is 5.01 Å². The molecule has 1 fully saturated rings. The largest absolute Gasteiger partial charge is 0.381 e. The molecule has 2 rings (SSSR count). The molecule has 0 atom stereocenters. The molecular formula is C13H21N3O2S. The fourth-order valence-corrected chi connectivity index (χ4v) is 3.01. The van der Waals surface area contributed by atoms with Gasteiger partial charge in [0.1, 0.15) is 5.01 Å². The zero-order chi connectivity index (χ0) is 13.9. The molecule has 1 aromatic rings. The maximum absolute atomic E-state index is 12.6. The summed E-state index contributed by atoms with van der Waals surface area (Å²) in [5, 5.41) is 5.91. The molecule has 1 amide bonds. The van der Waals surface area contributed by atoms with Gasteiger partial charge >= 0.3 is 0 Å². The van der Waals surface area contributed by atoms with E-state index < -0.39 is 11.0 Å². The Bertz CT molecular complexity index is 425. The van der Waals surface area contributed by atoms with E-state index in [-0.39, 0.29) is 5.91 Å². The summed E-state index contributed by atoms with van der Waals surface area (Å²) in [5.74, 6) is 0.0125. The highest BCUT2D eigenvalue weighted by atomic mass is 32.1. The molecule has 0 bridgehead atoms. The fourth-order valence-electron chi connectivity index (χ4n) is 2.29. The van der Waals surface area contributed by atoms with Gasteiger partial charge in [0.25, 0.3) is 0 Å². The second kappa shape index (κ2) is 5.56. The first-order chi connectivity index (χ1) is 9.00. The summed E-state index contributed by atoms with van der Waals surface area (Å²) >= 11 is 1.54. The van der Waals surface area contributed by atoms with Gasteiger partial charge in [-0.2, -0.15) is 0 Å². The molecule has 6 heteroatoms. The van der Waals surface area contributed by atoms with E-state index in [2.05, 4.69) is 10.3 Å². The van der Waals surface area contributed by atoms with Crippen LogP contribution in [0.3, 0.4) is 0 Å². The van der Waals surface area contributed by atoms with Gasteiger partial charge < -0.3 is 15.8 Å². The van der Waals surface area contributed by atoms with E-state index in [9.17, 15) is 4.79 Å². The van der Waals surface area contributed by atoms with E-state index in [0.29, 0.717) is 32.6 Å². The van der Waals surface area contributed by atoms with Crippen molar-refractivity contribution in [3.63, 3.8) is 0 Å². The number of thiazole rings is 1. The van der Waals surface area contributed by atoms with Crippen molar-refractivity contribution in [3.05, 3.63) is 16.6 Å². The summed E-state index contributed by atoms with van der Waals surface area (Å²) in [5.41, 5.74) is 4.89. The first-order valence-corrected chi connectivity index (χ1v) is 7.39. The van der Waals surface area contributed by atoms with Gasteiger partial charge in [0.05, 0.1) is 11.0 Å². The average molecular weight is 283 g/mol. The van der Waals surface area contributed by atoms with Gasteiger partial charge in [-0.25, -0.2) is 4.98 Å². The van der Waals surface area contributed by atoms with Crippen LogP contribution in [0.4, 0.5) is 0 Å². The molecule has 5 nitrogen and oxygen atoms in total. The van der Waals surface area contributed by atoms with E-state index in [1.54, 1.807) is 17.5 Å². The van der Waals surface area contributed by atoms with E-state index in [1.165, 1.54) is 0 Å². The highest BCUT2D eigenvalue weighted by Gasteiger charge is 2.41. The van der Waals surface area contributed by atoms with E-state index in [4.69, 9.17) is 10.5 Å². The van der Waals surface area contributed by atoms with Crippen LogP contribution in [-0.2, 0) is 15.1 Å². The van der Waals surface area contributed by atoms with Crippen LogP contribution in [0, 0.1) is 5.41 Å². The van der Waals surface area contributed by atoms with E-state index >= 15 is 0 Å². The molecule has 1 aliphatic rings. The highest BCUT2D eigenvalue weighted by molar-refractivity contribution is 7.09. The van der Waals surface area contributed by atoms with Crippen molar-refractivity contribution in [3.8, 4) is 0 Å². The minimum Gasteiger partial charge on any atom is -0.381 e. The predicted octanol–water partition coefficient (Wildman–Crippen LogP) is 1.25. The third-order valence-corrected chi connectivity index (χ3v) is 4.81. The fraction of sp³-hybridized carbons (Fsp3) is 0.692. The van der Waals surface area contributed by atoms with Crippen LogP contribution in [0.1, 0.15) is 31.7 Å². The average Bonchev–Trinajstić information content (AvgIpc) is 2.93. The van der Waals surface area contributed by atoms with Crippen LogP contribution in [0.5, 0.6) is 0 Å². The number of nitrogens with zero attached hydrogens (tertiary/aromatic N) is 1. The van der Waals surface area contributed by atoms with E-state index in [1.807, 2.05) is 19.2 Å².